The van der Waals surface area contributed by atoms with E-state index in [0.717, 1.165) is 5.56 Å². The Morgan fingerprint density at radius 3 is 2.68 bits per heavy atom. The predicted molar refractivity (Wildman–Crippen MR) is 85.2 cm³/mol. The Morgan fingerprint density at radius 1 is 1.27 bits per heavy atom. The minimum atomic E-state index is -0.00238. The molecule has 120 valence electrons. The Kier molecular flexibility index (Phi) is 5.44. The first-order valence-electron chi connectivity index (χ1n) is 7.37. The Hall–Kier alpha value is -2.01. The van der Waals surface area contributed by atoms with Crippen LogP contribution >= 0.6 is 0 Å². The molecule has 5 heteroatoms. The summed E-state index contributed by atoms with van der Waals surface area (Å²) in [6.45, 7) is 5.17. The Labute approximate surface area is 131 Å². The maximum atomic E-state index is 12.3. The summed E-state index contributed by atoms with van der Waals surface area (Å²) in [5.41, 5.74) is 0.889. The van der Waals surface area contributed by atoms with Gasteiger partial charge in [0, 0.05) is 12.6 Å². The third-order valence-corrected chi connectivity index (χ3v) is 3.72. The molecule has 0 aliphatic carbocycles. The van der Waals surface area contributed by atoms with Crippen molar-refractivity contribution in [3.63, 3.8) is 0 Å². The summed E-state index contributed by atoms with van der Waals surface area (Å²) in [6.07, 6.45) is 3.46. The van der Waals surface area contributed by atoms with Crippen molar-refractivity contribution in [3.8, 4) is 11.5 Å². The molecule has 1 aliphatic heterocycles. The fraction of sp³-hybridized carbons (Fsp3) is 0.471. The summed E-state index contributed by atoms with van der Waals surface area (Å²) in [7, 11) is 3.19. The molecule has 0 aromatic heterocycles. The number of amides is 1. The number of carbonyl (C=O) groups is 1. The molecule has 2 atom stereocenters. The molecular weight excluding hydrogens is 282 g/mol. The standard InChI is InChI=1S/C17H23NO4/c1-12-11-22-13(2)10-18(12)17(19)8-6-14-5-7-15(20-3)16(9-14)21-4/h5-9,12-13H,10-11H2,1-4H3/b8-6+. The van der Waals surface area contributed by atoms with Crippen molar-refractivity contribution < 1.29 is 19.0 Å². The van der Waals surface area contributed by atoms with E-state index in [0.29, 0.717) is 24.7 Å². The molecule has 1 aromatic carbocycles. The van der Waals surface area contributed by atoms with Gasteiger partial charge in [-0.1, -0.05) is 6.07 Å². The van der Waals surface area contributed by atoms with E-state index in [9.17, 15) is 4.79 Å². The van der Waals surface area contributed by atoms with Gasteiger partial charge in [-0.05, 0) is 37.6 Å². The summed E-state index contributed by atoms with van der Waals surface area (Å²) in [4.78, 5) is 14.2. The molecule has 0 saturated carbocycles. The first kappa shape index (κ1) is 16.4. The van der Waals surface area contributed by atoms with Gasteiger partial charge in [0.05, 0.1) is 33.0 Å². The molecule has 0 spiro atoms. The van der Waals surface area contributed by atoms with Gasteiger partial charge in [0.15, 0.2) is 11.5 Å². The summed E-state index contributed by atoms with van der Waals surface area (Å²) in [5.74, 6) is 1.31. The van der Waals surface area contributed by atoms with E-state index < -0.39 is 0 Å². The second-order valence-corrected chi connectivity index (χ2v) is 5.43. The molecule has 1 aromatic rings. The first-order valence-corrected chi connectivity index (χ1v) is 7.37. The van der Waals surface area contributed by atoms with Crippen LogP contribution in [0.2, 0.25) is 0 Å². The van der Waals surface area contributed by atoms with E-state index in [-0.39, 0.29) is 18.1 Å². The lowest BCUT2D eigenvalue weighted by Gasteiger charge is -2.36. The lowest BCUT2D eigenvalue weighted by Crippen LogP contribution is -2.49. The SMILES string of the molecule is COc1ccc(/C=C/C(=O)N2CC(C)OCC2C)cc1OC. The highest BCUT2D eigenvalue weighted by Crippen LogP contribution is 2.28. The van der Waals surface area contributed by atoms with Crippen LogP contribution in [0.15, 0.2) is 24.3 Å². The van der Waals surface area contributed by atoms with Gasteiger partial charge >= 0.3 is 0 Å². The minimum Gasteiger partial charge on any atom is -0.493 e. The first-order chi connectivity index (χ1) is 10.5. The van der Waals surface area contributed by atoms with Gasteiger partial charge in [0.25, 0.3) is 0 Å². The quantitative estimate of drug-likeness (QED) is 0.801. The summed E-state index contributed by atoms with van der Waals surface area (Å²) >= 11 is 0. The molecule has 0 radical (unpaired) electrons. The van der Waals surface area contributed by atoms with E-state index in [2.05, 4.69) is 0 Å². The zero-order chi connectivity index (χ0) is 16.1. The number of ether oxygens (including phenoxy) is 3. The Balaban J connectivity index is 2.09. The number of morpholine rings is 1. The van der Waals surface area contributed by atoms with Gasteiger partial charge in [-0.2, -0.15) is 0 Å². The Morgan fingerprint density at radius 2 is 2.00 bits per heavy atom. The van der Waals surface area contributed by atoms with Gasteiger partial charge < -0.3 is 19.1 Å². The lowest BCUT2D eigenvalue weighted by molar-refractivity contribution is -0.137. The van der Waals surface area contributed by atoms with Crippen molar-refractivity contribution in [2.24, 2.45) is 0 Å². The molecule has 0 N–H and O–H groups in total. The maximum absolute atomic E-state index is 12.3. The van der Waals surface area contributed by atoms with E-state index in [4.69, 9.17) is 14.2 Å². The fourth-order valence-corrected chi connectivity index (χ4v) is 2.43. The predicted octanol–water partition coefficient (Wildman–Crippen LogP) is 2.35. The average Bonchev–Trinajstić information content (AvgIpc) is 2.54. The molecule has 1 amide bonds. The van der Waals surface area contributed by atoms with Crippen LogP contribution in [0.25, 0.3) is 6.08 Å². The highest BCUT2D eigenvalue weighted by molar-refractivity contribution is 5.92. The van der Waals surface area contributed by atoms with Gasteiger partial charge in [0.1, 0.15) is 0 Å². The van der Waals surface area contributed by atoms with Crippen LogP contribution in [0.3, 0.4) is 0 Å². The van der Waals surface area contributed by atoms with Crippen molar-refractivity contribution in [2.45, 2.75) is 26.0 Å². The van der Waals surface area contributed by atoms with Crippen molar-refractivity contribution >= 4 is 12.0 Å². The molecule has 22 heavy (non-hydrogen) atoms. The normalized spacial score (nSPS) is 21.9. The van der Waals surface area contributed by atoms with Crippen molar-refractivity contribution in [3.05, 3.63) is 29.8 Å². The van der Waals surface area contributed by atoms with Crippen LogP contribution in [0.5, 0.6) is 11.5 Å². The number of rotatable bonds is 4. The van der Waals surface area contributed by atoms with E-state index in [1.54, 1.807) is 26.4 Å². The van der Waals surface area contributed by atoms with Crippen LogP contribution in [-0.4, -0.2) is 50.3 Å². The largest absolute Gasteiger partial charge is 0.493 e. The second-order valence-electron chi connectivity index (χ2n) is 5.43. The van der Waals surface area contributed by atoms with Gasteiger partial charge in [-0.3, -0.25) is 4.79 Å². The van der Waals surface area contributed by atoms with E-state index in [1.807, 2.05) is 36.9 Å². The summed E-state index contributed by atoms with van der Waals surface area (Å²) in [5, 5.41) is 0. The van der Waals surface area contributed by atoms with Crippen molar-refractivity contribution in [1.82, 2.24) is 4.90 Å². The van der Waals surface area contributed by atoms with Crippen LogP contribution < -0.4 is 9.47 Å². The van der Waals surface area contributed by atoms with E-state index in [1.165, 1.54) is 0 Å². The summed E-state index contributed by atoms with van der Waals surface area (Å²) < 4.78 is 16.0. The minimum absolute atomic E-state index is 0.00238. The molecule has 1 heterocycles. The molecule has 1 saturated heterocycles. The van der Waals surface area contributed by atoms with Crippen LogP contribution in [0.4, 0.5) is 0 Å². The molecule has 1 aliphatic rings. The number of hydrogen-bond acceptors (Lipinski definition) is 4. The Bertz CT molecular complexity index is 556. The van der Waals surface area contributed by atoms with Crippen LogP contribution in [0.1, 0.15) is 19.4 Å². The molecular formula is C17H23NO4. The molecule has 2 unspecified atom stereocenters. The van der Waals surface area contributed by atoms with Gasteiger partial charge in [-0.25, -0.2) is 0 Å². The highest BCUT2D eigenvalue weighted by Gasteiger charge is 2.25. The molecule has 0 bridgehead atoms. The number of benzene rings is 1. The smallest absolute Gasteiger partial charge is 0.246 e. The maximum Gasteiger partial charge on any atom is 0.246 e. The summed E-state index contributed by atoms with van der Waals surface area (Å²) in [6, 6.07) is 5.64. The third kappa shape index (κ3) is 3.80. The van der Waals surface area contributed by atoms with Crippen LogP contribution in [-0.2, 0) is 9.53 Å². The number of methoxy groups -OCH3 is 2. The zero-order valence-corrected chi connectivity index (χ0v) is 13.5. The molecule has 1 fully saturated rings. The van der Waals surface area contributed by atoms with Crippen molar-refractivity contribution in [2.75, 3.05) is 27.4 Å². The fourth-order valence-electron chi connectivity index (χ4n) is 2.43. The van der Waals surface area contributed by atoms with Crippen molar-refractivity contribution in [1.29, 1.82) is 0 Å². The lowest BCUT2D eigenvalue weighted by atomic mass is 10.1. The number of hydrogen-bond donors (Lipinski definition) is 0. The van der Waals surface area contributed by atoms with Crippen LogP contribution in [0, 0.1) is 0 Å². The molecule has 5 nitrogen and oxygen atoms in total. The second kappa shape index (κ2) is 7.31. The topological polar surface area (TPSA) is 48.0 Å². The average molecular weight is 305 g/mol. The zero-order valence-electron chi connectivity index (χ0n) is 13.5. The number of nitrogens with zero attached hydrogens (tertiary/aromatic N) is 1. The monoisotopic (exact) mass is 305 g/mol. The van der Waals surface area contributed by atoms with Gasteiger partial charge in [0.2, 0.25) is 5.91 Å². The number of carbonyl (C=O) groups excluding carboxylic acids is 1. The highest BCUT2D eigenvalue weighted by atomic mass is 16.5. The van der Waals surface area contributed by atoms with E-state index >= 15 is 0 Å². The molecule has 2 rings (SSSR count). The third-order valence-electron chi connectivity index (χ3n) is 3.72. The van der Waals surface area contributed by atoms with Gasteiger partial charge in [-0.15, -0.1) is 0 Å².